The number of carbonyl (C=O) groups is 1. The van der Waals surface area contributed by atoms with Crippen LogP contribution in [0.4, 0.5) is 4.39 Å². The van der Waals surface area contributed by atoms with Crippen molar-refractivity contribution in [2.24, 2.45) is 0 Å². The van der Waals surface area contributed by atoms with Crippen LogP contribution in [0.5, 0.6) is 0 Å². The maximum absolute atomic E-state index is 13.5. The summed E-state index contributed by atoms with van der Waals surface area (Å²) in [4.78, 5) is 11.1. The van der Waals surface area contributed by atoms with Crippen LogP contribution >= 0.6 is 0 Å². The van der Waals surface area contributed by atoms with Crippen LogP contribution in [0, 0.1) is 0 Å². The Hall–Kier alpha value is -0.680. The fraction of sp³-hybridized carbons (Fsp3) is 0.889. The summed E-state index contributed by atoms with van der Waals surface area (Å²) < 4.78 is 23.0. The van der Waals surface area contributed by atoms with Gasteiger partial charge in [0.15, 0.2) is 0 Å². The molecule has 3 atom stereocenters. The van der Waals surface area contributed by atoms with E-state index >= 15 is 0 Å². The van der Waals surface area contributed by atoms with Crippen LogP contribution in [0.2, 0.25) is 0 Å². The van der Waals surface area contributed by atoms with Crippen molar-refractivity contribution in [3.63, 3.8) is 0 Å². The minimum absolute atomic E-state index is 0.102. The zero-order valence-electron chi connectivity index (χ0n) is 8.33. The number of esters is 1. The summed E-state index contributed by atoms with van der Waals surface area (Å²) in [5, 5.41) is 9.82. The van der Waals surface area contributed by atoms with Gasteiger partial charge in [0, 0.05) is 6.42 Å². The Kier molecular flexibility index (Phi) is 3.44. The number of carbonyl (C=O) groups excluding carboxylic acids is 1. The molecule has 3 unspecified atom stereocenters. The van der Waals surface area contributed by atoms with Crippen LogP contribution < -0.4 is 0 Å². The first-order valence-corrected chi connectivity index (χ1v) is 4.67. The summed E-state index contributed by atoms with van der Waals surface area (Å²) in [6, 6.07) is 0. The second-order valence-electron chi connectivity index (χ2n) is 3.37. The zero-order chi connectivity index (χ0) is 10.8. The SMILES string of the molecule is CCOC(=O)C(F)C1(O)CCOC1C. The first-order valence-electron chi connectivity index (χ1n) is 4.67. The number of rotatable bonds is 3. The van der Waals surface area contributed by atoms with Crippen molar-refractivity contribution in [3.05, 3.63) is 0 Å². The number of hydrogen-bond donors (Lipinski definition) is 1. The van der Waals surface area contributed by atoms with Gasteiger partial charge in [0.25, 0.3) is 0 Å². The Morgan fingerprint density at radius 2 is 2.50 bits per heavy atom. The molecule has 5 heteroatoms. The second-order valence-corrected chi connectivity index (χ2v) is 3.37. The largest absolute Gasteiger partial charge is 0.464 e. The van der Waals surface area contributed by atoms with E-state index in [1.807, 2.05) is 0 Å². The van der Waals surface area contributed by atoms with Gasteiger partial charge in [-0.15, -0.1) is 0 Å². The molecule has 14 heavy (non-hydrogen) atoms. The average Bonchev–Trinajstić information content (AvgIpc) is 2.47. The molecule has 4 nitrogen and oxygen atoms in total. The van der Waals surface area contributed by atoms with Gasteiger partial charge in [-0.1, -0.05) is 0 Å². The number of alkyl halides is 1. The highest BCUT2D eigenvalue weighted by molar-refractivity contribution is 5.76. The van der Waals surface area contributed by atoms with Crippen molar-refractivity contribution in [1.29, 1.82) is 0 Å². The highest BCUT2D eigenvalue weighted by Crippen LogP contribution is 2.31. The third kappa shape index (κ3) is 1.88. The Morgan fingerprint density at radius 1 is 1.86 bits per heavy atom. The van der Waals surface area contributed by atoms with E-state index in [-0.39, 0.29) is 19.6 Å². The van der Waals surface area contributed by atoms with Gasteiger partial charge in [-0.25, -0.2) is 9.18 Å². The molecule has 1 heterocycles. The molecule has 0 bridgehead atoms. The summed E-state index contributed by atoms with van der Waals surface area (Å²) >= 11 is 0. The van der Waals surface area contributed by atoms with Crippen molar-refractivity contribution in [2.45, 2.75) is 38.1 Å². The summed E-state index contributed by atoms with van der Waals surface area (Å²) in [7, 11) is 0. The first kappa shape index (κ1) is 11.4. The standard InChI is InChI=1S/C9H15FO4/c1-3-13-8(11)7(10)9(12)4-5-14-6(9)2/h6-7,12H,3-5H2,1-2H3. The quantitative estimate of drug-likeness (QED) is 0.680. The van der Waals surface area contributed by atoms with E-state index in [1.165, 1.54) is 0 Å². The molecule has 0 amide bonds. The second kappa shape index (κ2) is 4.23. The highest BCUT2D eigenvalue weighted by atomic mass is 19.1. The van der Waals surface area contributed by atoms with Gasteiger partial charge in [-0.05, 0) is 13.8 Å². The van der Waals surface area contributed by atoms with Crippen molar-refractivity contribution >= 4 is 5.97 Å². The lowest BCUT2D eigenvalue weighted by Crippen LogP contribution is -2.50. The Morgan fingerprint density at radius 3 is 2.93 bits per heavy atom. The fourth-order valence-electron chi connectivity index (χ4n) is 1.50. The molecule has 0 spiro atoms. The van der Waals surface area contributed by atoms with Gasteiger partial charge < -0.3 is 14.6 Å². The highest BCUT2D eigenvalue weighted by Gasteiger charge is 2.51. The Labute approximate surface area is 82.0 Å². The van der Waals surface area contributed by atoms with Crippen LogP contribution in [0.1, 0.15) is 20.3 Å². The minimum atomic E-state index is -2.03. The lowest BCUT2D eigenvalue weighted by atomic mass is 9.91. The Bertz CT molecular complexity index is 221. The first-order chi connectivity index (χ1) is 6.52. The van der Waals surface area contributed by atoms with Crippen LogP contribution in [-0.4, -0.2) is 42.2 Å². The zero-order valence-corrected chi connectivity index (χ0v) is 8.33. The summed E-state index contributed by atoms with van der Waals surface area (Å²) in [6.07, 6.45) is -2.59. The lowest BCUT2D eigenvalue weighted by Gasteiger charge is -2.27. The van der Waals surface area contributed by atoms with Gasteiger partial charge in [0.05, 0.1) is 19.3 Å². The average molecular weight is 206 g/mol. The summed E-state index contributed by atoms with van der Waals surface area (Å²) in [5.41, 5.74) is -1.73. The topological polar surface area (TPSA) is 55.8 Å². The van der Waals surface area contributed by atoms with Gasteiger partial charge in [0.2, 0.25) is 6.17 Å². The van der Waals surface area contributed by atoms with E-state index in [2.05, 4.69) is 4.74 Å². The molecule has 82 valence electrons. The molecule has 1 saturated heterocycles. The molecule has 1 aliphatic heterocycles. The molecule has 0 aromatic carbocycles. The van der Waals surface area contributed by atoms with Gasteiger partial charge in [0.1, 0.15) is 5.60 Å². The van der Waals surface area contributed by atoms with Gasteiger partial charge in [-0.2, -0.15) is 0 Å². The van der Waals surface area contributed by atoms with Crippen molar-refractivity contribution in [1.82, 2.24) is 0 Å². The van der Waals surface area contributed by atoms with E-state index in [0.717, 1.165) is 0 Å². The monoisotopic (exact) mass is 206 g/mol. The van der Waals surface area contributed by atoms with Crippen molar-refractivity contribution < 1.29 is 23.8 Å². The normalized spacial score (nSPS) is 34.1. The minimum Gasteiger partial charge on any atom is -0.464 e. The van der Waals surface area contributed by atoms with E-state index < -0.39 is 23.8 Å². The molecule has 1 aliphatic rings. The lowest BCUT2D eigenvalue weighted by molar-refractivity contribution is -0.164. The Balaban J connectivity index is 2.66. The number of hydrogen-bond acceptors (Lipinski definition) is 4. The third-order valence-electron chi connectivity index (χ3n) is 2.51. The van der Waals surface area contributed by atoms with Crippen LogP contribution in [0.15, 0.2) is 0 Å². The molecule has 0 aromatic heterocycles. The van der Waals surface area contributed by atoms with Crippen LogP contribution in [0.3, 0.4) is 0 Å². The molecule has 1 N–H and O–H groups in total. The van der Waals surface area contributed by atoms with Crippen LogP contribution in [0.25, 0.3) is 0 Å². The van der Waals surface area contributed by atoms with Crippen molar-refractivity contribution in [2.75, 3.05) is 13.2 Å². The number of halogens is 1. The molecule has 1 fully saturated rings. The predicted molar refractivity (Wildman–Crippen MR) is 46.5 cm³/mol. The number of ether oxygens (including phenoxy) is 2. The molecule has 0 aromatic rings. The van der Waals surface area contributed by atoms with Gasteiger partial charge >= 0.3 is 5.97 Å². The molecular formula is C9H15FO4. The fourth-order valence-corrected chi connectivity index (χ4v) is 1.50. The van der Waals surface area contributed by atoms with Gasteiger partial charge in [-0.3, -0.25) is 0 Å². The van der Waals surface area contributed by atoms with Crippen molar-refractivity contribution in [3.8, 4) is 0 Å². The predicted octanol–water partition coefficient (Wildman–Crippen LogP) is 0.427. The molecular weight excluding hydrogens is 191 g/mol. The van der Waals surface area contributed by atoms with E-state index in [1.54, 1.807) is 13.8 Å². The molecule has 0 saturated carbocycles. The smallest absolute Gasteiger partial charge is 0.343 e. The maximum Gasteiger partial charge on any atom is 0.343 e. The molecule has 0 radical (unpaired) electrons. The number of aliphatic hydroxyl groups is 1. The summed E-state index contributed by atoms with van der Waals surface area (Å²) in [6.45, 7) is 3.49. The van der Waals surface area contributed by atoms with Crippen LogP contribution in [-0.2, 0) is 14.3 Å². The summed E-state index contributed by atoms with van der Waals surface area (Å²) in [5.74, 6) is -1.02. The molecule has 1 rings (SSSR count). The third-order valence-corrected chi connectivity index (χ3v) is 2.51. The maximum atomic E-state index is 13.5. The van der Waals surface area contributed by atoms with E-state index in [9.17, 15) is 14.3 Å². The van der Waals surface area contributed by atoms with E-state index in [4.69, 9.17) is 4.74 Å². The molecule has 0 aliphatic carbocycles. The van der Waals surface area contributed by atoms with E-state index in [0.29, 0.717) is 0 Å².